The van der Waals surface area contributed by atoms with Crippen LogP contribution in [0, 0.1) is 11.3 Å². The highest BCUT2D eigenvalue weighted by atomic mass is 35.5. The molecule has 0 amide bonds. The molecule has 0 radical (unpaired) electrons. The molecule has 0 aromatic heterocycles. The molecular weight excluding hydrogens is 180 g/mol. The molecule has 1 atom stereocenters. The summed E-state index contributed by atoms with van der Waals surface area (Å²) in [5, 5.41) is 0.375. The van der Waals surface area contributed by atoms with Crippen molar-refractivity contribution in [3.05, 3.63) is 0 Å². The molecule has 0 N–H and O–H groups in total. The second-order valence-corrected chi connectivity index (χ2v) is 6.13. The summed E-state index contributed by atoms with van der Waals surface area (Å²) in [4.78, 5) is 0. The van der Waals surface area contributed by atoms with E-state index in [0.29, 0.717) is 16.7 Å². The van der Waals surface area contributed by atoms with E-state index in [-0.39, 0.29) is 0 Å². The maximum Gasteiger partial charge on any atom is 0.0359 e. The average molecular weight is 205 g/mol. The van der Waals surface area contributed by atoms with Crippen molar-refractivity contribution >= 4 is 11.6 Å². The Bertz CT molecular complexity index is 122. The first-order valence-electron chi connectivity index (χ1n) is 5.47. The summed E-state index contributed by atoms with van der Waals surface area (Å²) < 4.78 is 0. The highest BCUT2D eigenvalue weighted by molar-refractivity contribution is 6.20. The lowest BCUT2D eigenvalue weighted by atomic mass is 9.89. The van der Waals surface area contributed by atoms with Crippen LogP contribution >= 0.6 is 11.6 Å². The smallest absolute Gasteiger partial charge is 0.0359 e. The molecule has 0 aromatic rings. The third-order valence-corrected chi connectivity index (χ3v) is 3.10. The van der Waals surface area contributed by atoms with Gasteiger partial charge in [-0.2, -0.15) is 0 Å². The summed E-state index contributed by atoms with van der Waals surface area (Å²) in [5.74, 6) is 0.622. The van der Waals surface area contributed by atoms with Crippen molar-refractivity contribution in [2.45, 2.75) is 65.7 Å². The largest absolute Gasteiger partial charge is 0.123 e. The molecule has 0 rings (SSSR count). The van der Waals surface area contributed by atoms with Crippen molar-refractivity contribution in [2.75, 3.05) is 0 Å². The Morgan fingerprint density at radius 2 is 1.62 bits per heavy atom. The number of alkyl halides is 1. The fourth-order valence-electron chi connectivity index (χ4n) is 1.33. The summed E-state index contributed by atoms with van der Waals surface area (Å²) in [6, 6.07) is 0. The highest BCUT2D eigenvalue weighted by Gasteiger charge is 2.11. The summed E-state index contributed by atoms with van der Waals surface area (Å²) in [5.41, 5.74) is 0.486. The van der Waals surface area contributed by atoms with Gasteiger partial charge in [-0.3, -0.25) is 0 Å². The van der Waals surface area contributed by atoms with E-state index in [1.807, 2.05) is 0 Å². The molecule has 0 heterocycles. The minimum atomic E-state index is 0.375. The predicted molar refractivity (Wildman–Crippen MR) is 62.4 cm³/mol. The van der Waals surface area contributed by atoms with Crippen LogP contribution in [-0.4, -0.2) is 5.38 Å². The van der Waals surface area contributed by atoms with Crippen molar-refractivity contribution in [3.63, 3.8) is 0 Å². The van der Waals surface area contributed by atoms with E-state index in [1.165, 1.54) is 25.7 Å². The van der Waals surface area contributed by atoms with Crippen LogP contribution in [0.15, 0.2) is 0 Å². The number of halogens is 1. The molecule has 0 aromatic carbocycles. The molecule has 0 aliphatic carbocycles. The van der Waals surface area contributed by atoms with E-state index in [2.05, 4.69) is 34.6 Å². The molecule has 80 valence electrons. The Kier molecular flexibility index (Phi) is 6.04. The summed E-state index contributed by atoms with van der Waals surface area (Å²) in [7, 11) is 0. The first kappa shape index (κ1) is 13.3. The Balaban J connectivity index is 3.36. The molecule has 0 saturated carbocycles. The van der Waals surface area contributed by atoms with E-state index in [9.17, 15) is 0 Å². The van der Waals surface area contributed by atoms with Crippen molar-refractivity contribution in [1.82, 2.24) is 0 Å². The van der Waals surface area contributed by atoms with Crippen molar-refractivity contribution in [1.29, 1.82) is 0 Å². The van der Waals surface area contributed by atoms with E-state index in [1.54, 1.807) is 0 Å². The maximum atomic E-state index is 6.17. The average Bonchev–Trinajstić information content (AvgIpc) is 1.95. The number of hydrogen-bond donors (Lipinski definition) is 0. The van der Waals surface area contributed by atoms with E-state index in [4.69, 9.17) is 11.6 Å². The van der Waals surface area contributed by atoms with Gasteiger partial charge in [-0.15, -0.1) is 11.6 Å². The van der Waals surface area contributed by atoms with Crippen molar-refractivity contribution in [2.24, 2.45) is 11.3 Å². The number of hydrogen-bond acceptors (Lipinski definition) is 0. The lowest BCUT2D eigenvalue weighted by molar-refractivity contribution is 0.355. The van der Waals surface area contributed by atoms with Gasteiger partial charge in [0.2, 0.25) is 0 Å². The fraction of sp³-hybridized carbons (Fsp3) is 1.00. The van der Waals surface area contributed by atoms with Crippen molar-refractivity contribution in [3.8, 4) is 0 Å². The molecule has 0 bridgehead atoms. The first-order chi connectivity index (χ1) is 5.83. The Morgan fingerprint density at radius 3 is 2.00 bits per heavy atom. The second-order valence-electron chi connectivity index (χ2n) is 5.57. The summed E-state index contributed by atoms with van der Waals surface area (Å²) in [6.45, 7) is 11.3. The lowest BCUT2D eigenvalue weighted by Gasteiger charge is -2.18. The molecule has 0 aliphatic rings. The van der Waals surface area contributed by atoms with Gasteiger partial charge in [-0.1, -0.05) is 47.5 Å². The van der Waals surface area contributed by atoms with Crippen LogP contribution in [0.1, 0.15) is 60.3 Å². The Hall–Kier alpha value is 0.290. The van der Waals surface area contributed by atoms with Crippen LogP contribution in [0.25, 0.3) is 0 Å². The minimum Gasteiger partial charge on any atom is -0.123 e. The van der Waals surface area contributed by atoms with E-state index >= 15 is 0 Å². The zero-order valence-electron chi connectivity index (χ0n) is 9.86. The second kappa shape index (κ2) is 5.90. The first-order valence-corrected chi connectivity index (χ1v) is 5.90. The maximum absolute atomic E-state index is 6.17. The predicted octanol–water partition coefficient (Wildman–Crippen LogP) is 4.86. The molecule has 13 heavy (non-hydrogen) atoms. The van der Waals surface area contributed by atoms with Gasteiger partial charge in [0.25, 0.3) is 0 Å². The summed E-state index contributed by atoms with van der Waals surface area (Å²) >= 11 is 6.17. The molecule has 0 saturated heterocycles. The van der Waals surface area contributed by atoms with Crippen LogP contribution in [-0.2, 0) is 0 Å². The van der Waals surface area contributed by atoms with E-state index in [0.717, 1.165) is 0 Å². The zero-order chi connectivity index (χ0) is 10.5. The van der Waals surface area contributed by atoms with Crippen LogP contribution < -0.4 is 0 Å². The summed E-state index contributed by atoms with van der Waals surface area (Å²) in [6.07, 6.45) is 5.09. The topological polar surface area (TPSA) is 0 Å². The monoisotopic (exact) mass is 204 g/mol. The zero-order valence-corrected chi connectivity index (χ0v) is 10.6. The van der Waals surface area contributed by atoms with Gasteiger partial charge in [0.05, 0.1) is 0 Å². The molecule has 0 spiro atoms. The highest BCUT2D eigenvalue weighted by Crippen LogP contribution is 2.24. The van der Waals surface area contributed by atoms with Crippen molar-refractivity contribution < 1.29 is 0 Å². The fourth-order valence-corrected chi connectivity index (χ4v) is 1.48. The molecular formula is C12H25Cl. The molecule has 0 fully saturated rings. The third kappa shape index (κ3) is 8.62. The SMILES string of the molecule is CC(C)C(Cl)CCCCC(C)(C)C. The normalized spacial score (nSPS) is 15.0. The quantitative estimate of drug-likeness (QED) is 0.444. The molecule has 0 aliphatic heterocycles. The van der Waals surface area contributed by atoms with Gasteiger partial charge in [0.1, 0.15) is 0 Å². The van der Waals surface area contributed by atoms with Gasteiger partial charge in [-0.05, 0) is 24.2 Å². The van der Waals surface area contributed by atoms with Gasteiger partial charge in [-0.25, -0.2) is 0 Å². The Labute approximate surface area is 89.1 Å². The Morgan fingerprint density at radius 1 is 1.08 bits per heavy atom. The van der Waals surface area contributed by atoms with Gasteiger partial charge in [0, 0.05) is 5.38 Å². The van der Waals surface area contributed by atoms with E-state index < -0.39 is 0 Å². The van der Waals surface area contributed by atoms with Gasteiger partial charge < -0.3 is 0 Å². The third-order valence-electron chi connectivity index (χ3n) is 2.38. The molecule has 1 heteroatoms. The lowest BCUT2D eigenvalue weighted by Crippen LogP contribution is -2.08. The van der Waals surface area contributed by atoms with Gasteiger partial charge >= 0.3 is 0 Å². The minimum absolute atomic E-state index is 0.375. The molecule has 1 unspecified atom stereocenters. The van der Waals surface area contributed by atoms with Gasteiger partial charge in [0.15, 0.2) is 0 Å². The number of rotatable bonds is 5. The van der Waals surface area contributed by atoms with Crippen LogP contribution in [0.2, 0.25) is 0 Å². The standard InChI is InChI=1S/C12H25Cl/c1-10(2)11(13)8-6-7-9-12(3,4)5/h10-11H,6-9H2,1-5H3. The van der Waals surface area contributed by atoms with Crippen LogP contribution in [0.4, 0.5) is 0 Å². The molecule has 0 nitrogen and oxygen atoms in total. The van der Waals surface area contributed by atoms with Crippen LogP contribution in [0.3, 0.4) is 0 Å². The van der Waals surface area contributed by atoms with Crippen LogP contribution in [0.5, 0.6) is 0 Å². The number of unbranched alkanes of at least 4 members (excludes halogenated alkanes) is 1.